The number of halogens is 2. The zero-order chi connectivity index (χ0) is 12.5. The molecule has 0 bridgehead atoms. The molecule has 0 unspecified atom stereocenters. The van der Waals surface area contributed by atoms with Crippen molar-refractivity contribution in [2.75, 3.05) is 0 Å². The van der Waals surface area contributed by atoms with E-state index in [9.17, 15) is 0 Å². The minimum Gasteiger partial charge on any atom is -0.244 e. The molecule has 0 atom stereocenters. The van der Waals surface area contributed by atoms with E-state index in [-0.39, 0.29) is 0 Å². The second-order valence-electron chi connectivity index (χ2n) is 4.05. The number of hydrogen-bond donors (Lipinski definition) is 0. The molecule has 0 aliphatic heterocycles. The molecule has 4 heteroatoms. The second-order valence-corrected chi connectivity index (χ2v) is 5.17. The molecule has 0 saturated carbocycles. The Kier molecular flexibility index (Phi) is 3.31. The summed E-state index contributed by atoms with van der Waals surface area (Å²) in [5.74, 6) is 0. The number of rotatable bonds is 2. The van der Waals surface area contributed by atoms with Crippen LogP contribution in [0.4, 0.5) is 0 Å². The Labute approximate surface area is 122 Å². The van der Waals surface area contributed by atoms with Gasteiger partial charge >= 0.3 is 0 Å². The van der Waals surface area contributed by atoms with Gasteiger partial charge in [0.15, 0.2) is 0 Å². The molecule has 1 aromatic heterocycles. The zero-order valence-corrected chi connectivity index (χ0v) is 12.7. The minimum atomic E-state index is 0.790. The number of para-hydroxylation sites is 2. The van der Waals surface area contributed by atoms with Gasteiger partial charge in [-0.25, -0.2) is 9.97 Å². The maximum Gasteiger partial charge on any atom is 0.0938 e. The van der Waals surface area contributed by atoms with E-state index < -0.39 is 0 Å². The van der Waals surface area contributed by atoms with Crippen molar-refractivity contribution in [1.82, 2.24) is 9.97 Å². The van der Waals surface area contributed by atoms with Gasteiger partial charge in [-0.1, -0.05) is 50.1 Å². The van der Waals surface area contributed by atoms with Crippen LogP contribution in [0.1, 0.15) is 11.1 Å². The Morgan fingerprint density at radius 2 is 1.50 bits per heavy atom. The first-order valence-corrected chi connectivity index (χ1v) is 7.87. The molecule has 90 valence electrons. The van der Waals surface area contributed by atoms with E-state index in [0.29, 0.717) is 0 Å². The predicted molar refractivity (Wildman–Crippen MR) is 82.3 cm³/mol. The molecule has 3 rings (SSSR count). The molecule has 18 heavy (non-hydrogen) atoms. The molecule has 2 aromatic carbocycles. The molecule has 0 amide bonds. The van der Waals surface area contributed by atoms with Crippen LogP contribution in [0.5, 0.6) is 0 Å². The molecule has 0 saturated heterocycles. The molecule has 0 fully saturated rings. The maximum absolute atomic E-state index is 4.74. The summed E-state index contributed by atoms with van der Waals surface area (Å²) < 4.78 is 0. The lowest BCUT2D eigenvalue weighted by atomic mass is 10.1. The zero-order valence-electron chi connectivity index (χ0n) is 9.53. The molecule has 1 heterocycles. The highest BCUT2D eigenvalue weighted by atomic mass is 79.9. The fourth-order valence-corrected chi connectivity index (χ4v) is 3.21. The first kappa shape index (κ1) is 12.1. The summed E-state index contributed by atoms with van der Waals surface area (Å²) in [5, 5.41) is 1.62. The fraction of sp³-hybridized carbons (Fsp3) is 0.143. The smallest absolute Gasteiger partial charge is 0.0938 e. The third kappa shape index (κ3) is 1.93. The molecule has 0 N–H and O–H groups in total. The van der Waals surface area contributed by atoms with Crippen molar-refractivity contribution < 1.29 is 0 Å². The fourth-order valence-electron chi connectivity index (χ4n) is 2.06. The Balaban J connectivity index is 2.42. The Morgan fingerprint density at radius 1 is 0.778 bits per heavy atom. The van der Waals surface area contributed by atoms with Crippen molar-refractivity contribution in [3.8, 4) is 0 Å². The van der Waals surface area contributed by atoms with E-state index >= 15 is 0 Å². The molecule has 0 aliphatic rings. The van der Waals surface area contributed by atoms with Gasteiger partial charge in [-0.05, 0) is 29.3 Å². The van der Waals surface area contributed by atoms with E-state index in [4.69, 9.17) is 4.98 Å². The predicted octanol–water partition coefficient (Wildman–Crippen LogP) is 4.57. The van der Waals surface area contributed by atoms with Gasteiger partial charge in [0.05, 0.1) is 22.1 Å². The largest absolute Gasteiger partial charge is 0.244 e. The normalized spacial score (nSPS) is 11.2. The van der Waals surface area contributed by atoms with Gasteiger partial charge in [-0.15, -0.1) is 0 Å². The lowest BCUT2D eigenvalue weighted by molar-refractivity contribution is 1.28. The van der Waals surface area contributed by atoms with Crippen LogP contribution in [-0.4, -0.2) is 9.97 Å². The van der Waals surface area contributed by atoms with E-state index in [1.165, 1.54) is 11.1 Å². The third-order valence-electron chi connectivity index (χ3n) is 2.99. The van der Waals surface area contributed by atoms with Crippen LogP contribution >= 0.6 is 31.9 Å². The Hall–Kier alpha value is -1.00. The van der Waals surface area contributed by atoms with Crippen LogP contribution in [0.2, 0.25) is 0 Å². The number of alkyl halides is 2. The van der Waals surface area contributed by atoms with Crippen molar-refractivity contribution in [3.63, 3.8) is 0 Å². The number of aromatic nitrogens is 2. The summed E-state index contributed by atoms with van der Waals surface area (Å²) in [6, 6.07) is 12.1. The summed E-state index contributed by atoms with van der Waals surface area (Å²) in [5.41, 5.74) is 6.29. The topological polar surface area (TPSA) is 25.8 Å². The standard InChI is InChI=1S/C14H10Br2N2/c15-7-9-5-6-13-14(10(9)8-16)18-12-4-2-1-3-11(12)17-13/h1-6H,7-8H2. The summed E-state index contributed by atoms with van der Waals surface area (Å²) in [6.07, 6.45) is 0. The van der Waals surface area contributed by atoms with E-state index in [0.717, 1.165) is 32.7 Å². The first-order chi connectivity index (χ1) is 8.83. The van der Waals surface area contributed by atoms with Crippen LogP contribution in [0.15, 0.2) is 36.4 Å². The van der Waals surface area contributed by atoms with Gasteiger partial charge in [-0.3, -0.25) is 0 Å². The maximum atomic E-state index is 4.74. The molecule has 0 radical (unpaired) electrons. The van der Waals surface area contributed by atoms with Crippen molar-refractivity contribution in [2.24, 2.45) is 0 Å². The van der Waals surface area contributed by atoms with Crippen LogP contribution in [0, 0.1) is 0 Å². The lowest BCUT2D eigenvalue weighted by Crippen LogP contribution is -1.95. The van der Waals surface area contributed by atoms with Crippen LogP contribution < -0.4 is 0 Å². The van der Waals surface area contributed by atoms with Gasteiger partial charge in [-0.2, -0.15) is 0 Å². The van der Waals surface area contributed by atoms with E-state index in [1.54, 1.807) is 0 Å². The molecule has 0 spiro atoms. The van der Waals surface area contributed by atoms with Crippen molar-refractivity contribution >= 4 is 53.9 Å². The van der Waals surface area contributed by atoms with Gasteiger partial charge in [0, 0.05) is 10.7 Å². The van der Waals surface area contributed by atoms with Crippen molar-refractivity contribution in [3.05, 3.63) is 47.5 Å². The van der Waals surface area contributed by atoms with Gasteiger partial charge in [0.25, 0.3) is 0 Å². The highest BCUT2D eigenvalue weighted by molar-refractivity contribution is 9.09. The minimum absolute atomic E-state index is 0.790. The van der Waals surface area contributed by atoms with Gasteiger partial charge in [0.2, 0.25) is 0 Å². The summed E-state index contributed by atoms with van der Waals surface area (Å²) in [7, 11) is 0. The summed E-state index contributed by atoms with van der Waals surface area (Å²) >= 11 is 7.06. The average Bonchev–Trinajstić information content (AvgIpc) is 2.43. The van der Waals surface area contributed by atoms with Crippen molar-refractivity contribution in [1.29, 1.82) is 0 Å². The number of fused-ring (bicyclic) bond motifs is 2. The van der Waals surface area contributed by atoms with Crippen LogP contribution in [-0.2, 0) is 10.7 Å². The third-order valence-corrected chi connectivity index (χ3v) is 4.16. The first-order valence-electron chi connectivity index (χ1n) is 5.62. The highest BCUT2D eigenvalue weighted by Gasteiger charge is 2.09. The number of benzene rings is 2. The summed E-state index contributed by atoms with van der Waals surface area (Å²) in [6.45, 7) is 0. The van der Waals surface area contributed by atoms with E-state index in [1.807, 2.05) is 30.3 Å². The van der Waals surface area contributed by atoms with Crippen LogP contribution in [0.3, 0.4) is 0 Å². The SMILES string of the molecule is BrCc1ccc2nc3ccccc3nc2c1CBr. The van der Waals surface area contributed by atoms with Gasteiger partial charge < -0.3 is 0 Å². The highest BCUT2D eigenvalue weighted by Crippen LogP contribution is 2.25. The average molecular weight is 366 g/mol. The van der Waals surface area contributed by atoms with Crippen LogP contribution in [0.25, 0.3) is 22.1 Å². The molecule has 2 nitrogen and oxygen atoms in total. The summed E-state index contributed by atoms with van der Waals surface area (Å²) in [4.78, 5) is 9.41. The Morgan fingerprint density at radius 3 is 2.17 bits per heavy atom. The molecular weight excluding hydrogens is 356 g/mol. The number of nitrogens with zero attached hydrogens (tertiary/aromatic N) is 2. The van der Waals surface area contributed by atoms with Gasteiger partial charge in [0.1, 0.15) is 0 Å². The monoisotopic (exact) mass is 364 g/mol. The van der Waals surface area contributed by atoms with Crippen molar-refractivity contribution in [2.45, 2.75) is 10.7 Å². The quantitative estimate of drug-likeness (QED) is 0.491. The Bertz CT molecular complexity index is 725. The molecular formula is C14H10Br2N2. The molecule has 3 aromatic rings. The molecule has 0 aliphatic carbocycles. The lowest BCUT2D eigenvalue weighted by Gasteiger charge is -2.08. The second kappa shape index (κ2) is 4.94. The number of hydrogen-bond acceptors (Lipinski definition) is 2. The van der Waals surface area contributed by atoms with E-state index in [2.05, 4.69) is 42.9 Å².